The lowest BCUT2D eigenvalue weighted by molar-refractivity contribution is 0.295. The fourth-order valence-electron chi connectivity index (χ4n) is 1.84. The van der Waals surface area contributed by atoms with Crippen LogP contribution in [0.25, 0.3) is 0 Å². The van der Waals surface area contributed by atoms with E-state index in [1.165, 1.54) is 6.26 Å². The molecule has 0 amide bonds. The van der Waals surface area contributed by atoms with Crippen LogP contribution < -0.4 is 5.73 Å². The van der Waals surface area contributed by atoms with E-state index in [0.29, 0.717) is 18.4 Å². The Kier molecular flexibility index (Phi) is 8.00. The third-order valence-corrected chi connectivity index (χ3v) is 3.83. The Bertz CT molecular complexity index is 289. The molecule has 0 heterocycles. The fraction of sp³-hybridized carbons (Fsp3) is 1.00. The molecule has 5 heteroatoms. The Labute approximate surface area is 106 Å². The van der Waals surface area contributed by atoms with Crippen LogP contribution in [0.4, 0.5) is 0 Å². The van der Waals surface area contributed by atoms with Crippen LogP contribution >= 0.6 is 0 Å². The molecule has 4 nitrogen and oxygen atoms in total. The predicted octanol–water partition coefficient (Wildman–Crippen LogP) is 0.974. The van der Waals surface area contributed by atoms with Crippen molar-refractivity contribution in [2.75, 3.05) is 38.7 Å². The van der Waals surface area contributed by atoms with Gasteiger partial charge in [-0.05, 0) is 44.8 Å². The van der Waals surface area contributed by atoms with E-state index >= 15 is 0 Å². The van der Waals surface area contributed by atoms with Gasteiger partial charge in [0.15, 0.2) is 0 Å². The highest BCUT2D eigenvalue weighted by atomic mass is 32.2. The quantitative estimate of drug-likeness (QED) is 0.674. The molecule has 0 aliphatic heterocycles. The smallest absolute Gasteiger partial charge is 0.148 e. The molecule has 0 aromatic heterocycles. The molecule has 0 saturated heterocycles. The summed E-state index contributed by atoms with van der Waals surface area (Å²) in [4.78, 5) is 2.07. The van der Waals surface area contributed by atoms with Gasteiger partial charge in [-0.15, -0.1) is 0 Å². The molecule has 0 rings (SSSR count). The topological polar surface area (TPSA) is 63.4 Å². The van der Waals surface area contributed by atoms with Crippen molar-refractivity contribution in [3.63, 3.8) is 0 Å². The van der Waals surface area contributed by atoms with Gasteiger partial charge in [0, 0.05) is 12.8 Å². The number of hydrogen-bond acceptors (Lipinski definition) is 4. The average molecular weight is 264 g/mol. The lowest BCUT2D eigenvalue weighted by Crippen LogP contribution is -2.29. The summed E-state index contributed by atoms with van der Waals surface area (Å²) in [6.45, 7) is 6.66. The van der Waals surface area contributed by atoms with Crippen LogP contribution in [0.5, 0.6) is 0 Å². The van der Waals surface area contributed by atoms with Gasteiger partial charge in [-0.3, -0.25) is 0 Å². The van der Waals surface area contributed by atoms with Gasteiger partial charge in [-0.1, -0.05) is 13.8 Å². The average Bonchev–Trinajstić information content (AvgIpc) is 2.19. The second-order valence-corrected chi connectivity index (χ2v) is 7.71. The van der Waals surface area contributed by atoms with Gasteiger partial charge < -0.3 is 10.6 Å². The molecule has 0 aliphatic carbocycles. The summed E-state index contributed by atoms with van der Waals surface area (Å²) >= 11 is 0. The van der Waals surface area contributed by atoms with E-state index < -0.39 is 9.84 Å². The summed E-state index contributed by atoms with van der Waals surface area (Å²) in [7, 11) is -0.882. The van der Waals surface area contributed by atoms with Crippen LogP contribution in [0.3, 0.4) is 0 Å². The highest BCUT2D eigenvalue weighted by Gasteiger charge is 2.11. The van der Waals surface area contributed by atoms with E-state index in [9.17, 15) is 8.42 Å². The Hall–Kier alpha value is -0.130. The zero-order valence-electron chi connectivity index (χ0n) is 11.6. The van der Waals surface area contributed by atoms with E-state index in [-0.39, 0.29) is 5.75 Å². The second kappa shape index (κ2) is 8.06. The summed E-state index contributed by atoms with van der Waals surface area (Å²) in [5.74, 6) is 1.46. The zero-order chi connectivity index (χ0) is 13.5. The SMILES string of the molecule is CC(C)CC(CN)CCN(C)CCS(C)(=O)=O. The molecule has 0 aromatic carbocycles. The van der Waals surface area contributed by atoms with Gasteiger partial charge in [0.25, 0.3) is 0 Å². The van der Waals surface area contributed by atoms with Crippen LogP contribution in [0.15, 0.2) is 0 Å². The molecule has 2 N–H and O–H groups in total. The molecular weight excluding hydrogens is 236 g/mol. The van der Waals surface area contributed by atoms with Crippen molar-refractivity contribution in [1.82, 2.24) is 4.90 Å². The summed E-state index contributed by atoms with van der Waals surface area (Å²) < 4.78 is 22.1. The van der Waals surface area contributed by atoms with Crippen molar-refractivity contribution >= 4 is 9.84 Å². The largest absolute Gasteiger partial charge is 0.330 e. The van der Waals surface area contributed by atoms with Crippen LogP contribution in [0.2, 0.25) is 0 Å². The molecule has 1 atom stereocenters. The first-order chi connectivity index (χ1) is 7.74. The molecule has 0 saturated carbocycles. The van der Waals surface area contributed by atoms with Gasteiger partial charge in [0.05, 0.1) is 5.75 Å². The predicted molar refractivity (Wildman–Crippen MR) is 73.8 cm³/mol. The molecule has 0 fully saturated rings. The van der Waals surface area contributed by atoms with Crippen molar-refractivity contribution < 1.29 is 8.42 Å². The van der Waals surface area contributed by atoms with Gasteiger partial charge in [0.1, 0.15) is 9.84 Å². The molecule has 104 valence electrons. The van der Waals surface area contributed by atoms with Gasteiger partial charge in [-0.25, -0.2) is 8.42 Å². The maximum atomic E-state index is 11.0. The molecule has 17 heavy (non-hydrogen) atoms. The second-order valence-electron chi connectivity index (χ2n) is 5.45. The van der Waals surface area contributed by atoms with E-state index in [2.05, 4.69) is 18.7 Å². The number of nitrogens with zero attached hydrogens (tertiary/aromatic N) is 1. The molecular formula is C12H28N2O2S. The molecule has 0 bridgehead atoms. The maximum absolute atomic E-state index is 11.0. The number of sulfone groups is 1. The Morgan fingerprint density at radius 3 is 2.24 bits per heavy atom. The van der Waals surface area contributed by atoms with E-state index in [0.717, 1.165) is 25.9 Å². The lowest BCUT2D eigenvalue weighted by atomic mass is 9.94. The summed E-state index contributed by atoms with van der Waals surface area (Å²) in [5.41, 5.74) is 5.74. The van der Waals surface area contributed by atoms with Gasteiger partial charge in [-0.2, -0.15) is 0 Å². The Morgan fingerprint density at radius 1 is 1.24 bits per heavy atom. The molecule has 0 aliphatic rings. The third kappa shape index (κ3) is 10.7. The van der Waals surface area contributed by atoms with Crippen molar-refractivity contribution in [1.29, 1.82) is 0 Å². The van der Waals surface area contributed by atoms with Crippen molar-refractivity contribution in [2.45, 2.75) is 26.7 Å². The zero-order valence-corrected chi connectivity index (χ0v) is 12.5. The van der Waals surface area contributed by atoms with Crippen LogP contribution in [-0.4, -0.2) is 52.0 Å². The lowest BCUT2D eigenvalue weighted by Gasteiger charge is -2.21. The first-order valence-corrected chi connectivity index (χ1v) is 8.37. The Balaban J connectivity index is 3.84. The van der Waals surface area contributed by atoms with E-state index in [1.54, 1.807) is 0 Å². The van der Waals surface area contributed by atoms with Crippen LogP contribution in [0.1, 0.15) is 26.7 Å². The van der Waals surface area contributed by atoms with Crippen LogP contribution in [-0.2, 0) is 9.84 Å². The molecule has 0 radical (unpaired) electrons. The highest BCUT2D eigenvalue weighted by molar-refractivity contribution is 7.90. The number of hydrogen-bond donors (Lipinski definition) is 1. The van der Waals surface area contributed by atoms with Crippen molar-refractivity contribution in [3.05, 3.63) is 0 Å². The minimum atomic E-state index is -2.85. The highest BCUT2D eigenvalue weighted by Crippen LogP contribution is 2.14. The standard InChI is InChI=1S/C12H28N2O2S/c1-11(2)9-12(10-13)5-6-14(3)7-8-17(4,15)16/h11-12H,5-10,13H2,1-4H3. The monoisotopic (exact) mass is 264 g/mol. The third-order valence-electron chi connectivity index (χ3n) is 2.90. The van der Waals surface area contributed by atoms with Crippen molar-refractivity contribution in [2.24, 2.45) is 17.6 Å². The summed E-state index contributed by atoms with van der Waals surface area (Å²) in [6, 6.07) is 0. The minimum Gasteiger partial charge on any atom is -0.330 e. The molecule has 1 unspecified atom stereocenters. The molecule has 0 spiro atoms. The van der Waals surface area contributed by atoms with E-state index in [4.69, 9.17) is 5.73 Å². The fourth-order valence-corrected chi connectivity index (χ4v) is 2.48. The van der Waals surface area contributed by atoms with Crippen LogP contribution in [0, 0.1) is 11.8 Å². The number of rotatable bonds is 9. The van der Waals surface area contributed by atoms with Crippen molar-refractivity contribution in [3.8, 4) is 0 Å². The van der Waals surface area contributed by atoms with Gasteiger partial charge in [0.2, 0.25) is 0 Å². The van der Waals surface area contributed by atoms with E-state index in [1.807, 2.05) is 7.05 Å². The van der Waals surface area contributed by atoms with Gasteiger partial charge >= 0.3 is 0 Å². The maximum Gasteiger partial charge on any atom is 0.148 e. The first-order valence-electron chi connectivity index (χ1n) is 6.31. The molecule has 0 aromatic rings. The number of nitrogens with two attached hydrogens (primary N) is 1. The summed E-state index contributed by atoms with van der Waals surface area (Å²) in [5, 5.41) is 0. The first kappa shape index (κ1) is 16.9. The minimum absolute atomic E-state index is 0.237. The normalized spacial score (nSPS) is 14.5. The summed E-state index contributed by atoms with van der Waals surface area (Å²) in [6.07, 6.45) is 3.48. The Morgan fingerprint density at radius 2 is 1.82 bits per heavy atom.